The molecule has 1 heterocycles. The van der Waals surface area contributed by atoms with Crippen LogP contribution in [0.25, 0.3) is 0 Å². The minimum absolute atomic E-state index is 0.247. The lowest BCUT2D eigenvalue weighted by Crippen LogP contribution is -2.34. The molecule has 1 unspecified atom stereocenters. The highest BCUT2D eigenvalue weighted by Crippen LogP contribution is 2.12. The van der Waals surface area contributed by atoms with Gasteiger partial charge in [-0.2, -0.15) is 5.26 Å². The van der Waals surface area contributed by atoms with Gasteiger partial charge in [-0.05, 0) is 18.8 Å². The van der Waals surface area contributed by atoms with Crippen molar-refractivity contribution in [3.8, 4) is 6.07 Å². The number of sulfonamides is 1. The average molecular weight is 218 g/mol. The van der Waals surface area contributed by atoms with E-state index in [-0.39, 0.29) is 5.92 Å². The number of hydrogen-bond acceptors (Lipinski definition) is 4. The van der Waals surface area contributed by atoms with Gasteiger partial charge in [0.2, 0.25) is 10.0 Å². The highest BCUT2D eigenvalue weighted by atomic mass is 32.2. The zero-order chi connectivity index (χ0) is 10.4. The van der Waals surface area contributed by atoms with Crippen LogP contribution < -0.4 is 4.72 Å². The SMILES string of the molecule is N#CCS(=O)(=O)NCC1CCCOC1. The van der Waals surface area contributed by atoms with Gasteiger partial charge in [-0.1, -0.05) is 0 Å². The van der Waals surface area contributed by atoms with Gasteiger partial charge in [0.05, 0.1) is 12.7 Å². The maximum absolute atomic E-state index is 11.1. The van der Waals surface area contributed by atoms with Gasteiger partial charge in [0.15, 0.2) is 5.75 Å². The predicted octanol–water partition coefficient (Wildman–Crippen LogP) is -0.144. The van der Waals surface area contributed by atoms with Crippen molar-refractivity contribution in [3.63, 3.8) is 0 Å². The Morgan fingerprint density at radius 2 is 2.36 bits per heavy atom. The minimum atomic E-state index is -3.40. The van der Waals surface area contributed by atoms with E-state index in [0.29, 0.717) is 13.2 Å². The number of nitrogens with zero attached hydrogens (tertiary/aromatic N) is 1. The third-order valence-corrected chi connectivity index (χ3v) is 3.22. The number of nitrogens with one attached hydrogen (secondary N) is 1. The first kappa shape index (κ1) is 11.4. The Morgan fingerprint density at radius 1 is 1.57 bits per heavy atom. The maximum Gasteiger partial charge on any atom is 0.225 e. The van der Waals surface area contributed by atoms with E-state index in [1.807, 2.05) is 0 Å². The molecule has 0 radical (unpaired) electrons. The normalized spacial score (nSPS) is 22.9. The fourth-order valence-corrected chi connectivity index (χ4v) is 2.11. The van der Waals surface area contributed by atoms with Crippen molar-refractivity contribution >= 4 is 10.0 Å². The summed E-state index contributed by atoms with van der Waals surface area (Å²) in [5, 5.41) is 8.24. The molecule has 5 nitrogen and oxygen atoms in total. The Bertz CT molecular complexity index is 301. The van der Waals surface area contributed by atoms with Crippen LogP contribution in [-0.4, -0.2) is 33.9 Å². The summed E-state index contributed by atoms with van der Waals surface area (Å²) in [7, 11) is -3.40. The first-order valence-corrected chi connectivity index (χ1v) is 6.21. The summed E-state index contributed by atoms with van der Waals surface area (Å²) in [4.78, 5) is 0. The van der Waals surface area contributed by atoms with Gasteiger partial charge in [-0.3, -0.25) is 0 Å². The fraction of sp³-hybridized carbons (Fsp3) is 0.875. The smallest absolute Gasteiger partial charge is 0.225 e. The molecule has 0 spiro atoms. The van der Waals surface area contributed by atoms with Gasteiger partial charge >= 0.3 is 0 Å². The third-order valence-electron chi connectivity index (χ3n) is 2.10. The average Bonchev–Trinajstić information content (AvgIpc) is 2.17. The van der Waals surface area contributed by atoms with Crippen molar-refractivity contribution in [1.82, 2.24) is 4.72 Å². The molecule has 14 heavy (non-hydrogen) atoms. The van der Waals surface area contributed by atoms with E-state index < -0.39 is 15.8 Å². The van der Waals surface area contributed by atoms with Crippen molar-refractivity contribution in [3.05, 3.63) is 0 Å². The zero-order valence-corrected chi connectivity index (χ0v) is 8.72. The zero-order valence-electron chi connectivity index (χ0n) is 7.90. The van der Waals surface area contributed by atoms with Crippen LogP contribution in [0.5, 0.6) is 0 Å². The molecule has 0 aromatic carbocycles. The summed E-state index contributed by atoms with van der Waals surface area (Å²) in [6, 6.07) is 1.61. The molecule has 0 aliphatic carbocycles. The Hall–Kier alpha value is -0.640. The molecule has 6 heteroatoms. The van der Waals surface area contributed by atoms with E-state index in [9.17, 15) is 8.42 Å². The number of rotatable bonds is 4. The standard InChI is InChI=1S/C8H14N2O3S/c9-3-5-14(11,12)10-6-8-2-1-4-13-7-8/h8,10H,1-2,4-7H2. The number of hydrogen-bond donors (Lipinski definition) is 1. The van der Waals surface area contributed by atoms with E-state index in [1.54, 1.807) is 6.07 Å². The van der Waals surface area contributed by atoms with E-state index in [1.165, 1.54) is 0 Å². The summed E-state index contributed by atoms with van der Waals surface area (Å²) >= 11 is 0. The van der Waals surface area contributed by atoms with E-state index in [0.717, 1.165) is 19.4 Å². The molecule has 0 aromatic heterocycles. The van der Waals surface area contributed by atoms with Crippen LogP contribution in [0.15, 0.2) is 0 Å². The lowest BCUT2D eigenvalue weighted by molar-refractivity contribution is 0.0568. The molecule has 1 atom stereocenters. The van der Waals surface area contributed by atoms with Crippen molar-refractivity contribution < 1.29 is 13.2 Å². The predicted molar refractivity (Wildman–Crippen MR) is 50.9 cm³/mol. The van der Waals surface area contributed by atoms with Gasteiger partial charge < -0.3 is 4.74 Å². The van der Waals surface area contributed by atoms with E-state index in [2.05, 4.69) is 4.72 Å². The molecular weight excluding hydrogens is 204 g/mol. The van der Waals surface area contributed by atoms with Crippen molar-refractivity contribution in [2.45, 2.75) is 12.8 Å². The van der Waals surface area contributed by atoms with Crippen LogP contribution in [-0.2, 0) is 14.8 Å². The van der Waals surface area contributed by atoms with E-state index in [4.69, 9.17) is 10.00 Å². The molecule has 80 valence electrons. The molecule has 0 bridgehead atoms. The first-order valence-electron chi connectivity index (χ1n) is 4.56. The quantitative estimate of drug-likeness (QED) is 0.712. The van der Waals surface area contributed by atoms with Crippen LogP contribution in [0.2, 0.25) is 0 Å². The maximum atomic E-state index is 11.1. The summed E-state index contributed by atoms with van der Waals surface area (Å²) in [5.41, 5.74) is 0. The molecule has 0 aromatic rings. The lowest BCUT2D eigenvalue weighted by Gasteiger charge is -2.21. The molecule has 1 saturated heterocycles. The second-order valence-electron chi connectivity index (χ2n) is 3.35. The molecule has 1 N–H and O–H groups in total. The second kappa shape index (κ2) is 5.29. The Labute approximate surface area is 84.1 Å². The minimum Gasteiger partial charge on any atom is -0.381 e. The van der Waals surface area contributed by atoms with Gasteiger partial charge in [0.1, 0.15) is 0 Å². The lowest BCUT2D eigenvalue weighted by atomic mass is 10.0. The van der Waals surface area contributed by atoms with E-state index >= 15 is 0 Å². The summed E-state index contributed by atoms with van der Waals surface area (Å²) in [6.07, 6.45) is 1.96. The number of nitriles is 1. The van der Waals surface area contributed by atoms with Crippen LogP contribution in [0.1, 0.15) is 12.8 Å². The topological polar surface area (TPSA) is 79.2 Å². The van der Waals surface area contributed by atoms with Crippen molar-refractivity contribution in [2.24, 2.45) is 5.92 Å². The molecule has 1 fully saturated rings. The van der Waals surface area contributed by atoms with Crippen molar-refractivity contribution in [2.75, 3.05) is 25.5 Å². The molecule has 0 amide bonds. The van der Waals surface area contributed by atoms with Crippen LogP contribution in [0.4, 0.5) is 0 Å². The Balaban J connectivity index is 2.29. The molecule has 1 aliphatic heterocycles. The van der Waals surface area contributed by atoms with Crippen LogP contribution in [0.3, 0.4) is 0 Å². The molecule has 1 rings (SSSR count). The third kappa shape index (κ3) is 4.05. The van der Waals surface area contributed by atoms with Crippen molar-refractivity contribution in [1.29, 1.82) is 5.26 Å². The van der Waals surface area contributed by atoms with Crippen LogP contribution >= 0.6 is 0 Å². The van der Waals surface area contributed by atoms with Gasteiger partial charge in [0, 0.05) is 13.2 Å². The highest BCUT2D eigenvalue weighted by Gasteiger charge is 2.17. The Kier molecular flexibility index (Phi) is 4.32. The monoisotopic (exact) mass is 218 g/mol. The molecular formula is C8H14N2O3S. The summed E-state index contributed by atoms with van der Waals surface area (Å²) < 4.78 is 29.8. The summed E-state index contributed by atoms with van der Waals surface area (Å²) in [5.74, 6) is -0.224. The van der Waals surface area contributed by atoms with Crippen LogP contribution in [0, 0.1) is 17.2 Å². The summed E-state index contributed by atoms with van der Waals surface area (Å²) in [6.45, 7) is 1.75. The number of ether oxygens (including phenoxy) is 1. The first-order chi connectivity index (χ1) is 6.64. The van der Waals surface area contributed by atoms with Gasteiger partial charge in [-0.15, -0.1) is 0 Å². The molecule has 0 saturated carbocycles. The fourth-order valence-electron chi connectivity index (χ4n) is 1.35. The highest BCUT2D eigenvalue weighted by molar-refractivity contribution is 7.89. The van der Waals surface area contributed by atoms with Gasteiger partial charge in [0.25, 0.3) is 0 Å². The molecule has 1 aliphatic rings. The second-order valence-corrected chi connectivity index (χ2v) is 5.16. The van der Waals surface area contributed by atoms with Gasteiger partial charge in [-0.25, -0.2) is 13.1 Å². The largest absolute Gasteiger partial charge is 0.381 e. The Morgan fingerprint density at radius 3 is 2.93 bits per heavy atom.